The van der Waals surface area contributed by atoms with Gasteiger partial charge in [-0.3, -0.25) is 4.72 Å². The standard InChI is InChI=1S/C7H6F2N2O4S/c8-4-2-5(9)6(11-16(10,14)15)1-3(4)7(12)13/h1-2,11H,(H,12,13)(H2,10,14,15). The van der Waals surface area contributed by atoms with Crippen LogP contribution in [-0.4, -0.2) is 19.5 Å². The number of aromatic carboxylic acids is 1. The number of nitrogens with one attached hydrogen (secondary N) is 1. The number of carboxylic acid groups (broad SMARTS) is 1. The first-order valence-corrected chi connectivity index (χ1v) is 5.28. The molecule has 0 spiro atoms. The van der Waals surface area contributed by atoms with Crippen molar-refractivity contribution in [3.8, 4) is 0 Å². The molecule has 0 atom stereocenters. The second kappa shape index (κ2) is 4.02. The van der Waals surface area contributed by atoms with Gasteiger partial charge in [0.05, 0.1) is 11.3 Å². The molecule has 0 bridgehead atoms. The Morgan fingerprint density at radius 3 is 2.31 bits per heavy atom. The van der Waals surface area contributed by atoms with Gasteiger partial charge in [-0.25, -0.2) is 18.7 Å². The predicted octanol–water partition coefficient (Wildman–Crippen LogP) is 0.278. The van der Waals surface area contributed by atoms with E-state index in [9.17, 15) is 22.0 Å². The van der Waals surface area contributed by atoms with Gasteiger partial charge in [0, 0.05) is 6.07 Å². The lowest BCUT2D eigenvalue weighted by atomic mass is 10.2. The Morgan fingerprint density at radius 2 is 1.88 bits per heavy atom. The van der Waals surface area contributed by atoms with Crippen LogP contribution in [0.3, 0.4) is 0 Å². The summed E-state index contributed by atoms with van der Waals surface area (Å²) in [5.74, 6) is -4.24. The van der Waals surface area contributed by atoms with Crippen molar-refractivity contribution in [3.05, 3.63) is 29.3 Å². The monoisotopic (exact) mass is 252 g/mol. The zero-order valence-electron chi connectivity index (χ0n) is 7.57. The number of benzene rings is 1. The first-order chi connectivity index (χ1) is 7.20. The molecule has 0 amide bonds. The van der Waals surface area contributed by atoms with Gasteiger partial charge < -0.3 is 5.11 Å². The molecule has 16 heavy (non-hydrogen) atoms. The fourth-order valence-corrected chi connectivity index (χ4v) is 1.41. The van der Waals surface area contributed by atoms with E-state index in [4.69, 9.17) is 5.11 Å². The second-order valence-electron chi connectivity index (χ2n) is 2.76. The Morgan fingerprint density at radius 1 is 1.31 bits per heavy atom. The van der Waals surface area contributed by atoms with Crippen LogP contribution in [0.4, 0.5) is 14.5 Å². The van der Waals surface area contributed by atoms with Gasteiger partial charge in [-0.15, -0.1) is 0 Å². The third-order valence-corrected chi connectivity index (χ3v) is 2.04. The largest absolute Gasteiger partial charge is 0.478 e. The fourth-order valence-electron chi connectivity index (χ4n) is 0.944. The number of rotatable bonds is 3. The molecule has 0 unspecified atom stereocenters. The van der Waals surface area contributed by atoms with Gasteiger partial charge in [0.25, 0.3) is 10.2 Å². The zero-order chi connectivity index (χ0) is 12.5. The molecule has 1 aromatic rings. The molecule has 0 fully saturated rings. The molecule has 0 radical (unpaired) electrons. The predicted molar refractivity (Wildman–Crippen MR) is 50.0 cm³/mol. The molecular formula is C7H6F2N2O4S. The Hall–Kier alpha value is -1.74. The molecule has 0 aliphatic rings. The summed E-state index contributed by atoms with van der Waals surface area (Å²) in [6.45, 7) is 0. The van der Waals surface area contributed by atoms with Gasteiger partial charge >= 0.3 is 5.97 Å². The summed E-state index contributed by atoms with van der Waals surface area (Å²) >= 11 is 0. The molecule has 9 heteroatoms. The van der Waals surface area contributed by atoms with Crippen LogP contribution in [0.5, 0.6) is 0 Å². The minimum Gasteiger partial charge on any atom is -0.478 e. The molecule has 0 saturated heterocycles. The van der Waals surface area contributed by atoms with E-state index in [1.54, 1.807) is 0 Å². The lowest BCUT2D eigenvalue weighted by Crippen LogP contribution is -2.22. The zero-order valence-corrected chi connectivity index (χ0v) is 8.38. The number of hydrogen-bond acceptors (Lipinski definition) is 3. The smallest absolute Gasteiger partial charge is 0.338 e. The van der Waals surface area contributed by atoms with Crippen LogP contribution in [-0.2, 0) is 10.2 Å². The van der Waals surface area contributed by atoms with Crippen molar-refractivity contribution in [3.63, 3.8) is 0 Å². The average molecular weight is 252 g/mol. The maximum Gasteiger partial charge on any atom is 0.338 e. The van der Waals surface area contributed by atoms with Gasteiger partial charge in [-0.1, -0.05) is 0 Å². The van der Waals surface area contributed by atoms with E-state index in [-0.39, 0.29) is 6.07 Å². The molecule has 0 aliphatic heterocycles. The highest BCUT2D eigenvalue weighted by Gasteiger charge is 2.17. The molecule has 4 N–H and O–H groups in total. The van der Waals surface area contributed by atoms with E-state index < -0.39 is 39.1 Å². The second-order valence-corrected chi connectivity index (χ2v) is 4.06. The van der Waals surface area contributed by atoms with Crippen LogP contribution < -0.4 is 9.86 Å². The Balaban J connectivity index is 3.31. The van der Waals surface area contributed by atoms with Crippen molar-refractivity contribution in [2.45, 2.75) is 0 Å². The van der Waals surface area contributed by atoms with E-state index >= 15 is 0 Å². The van der Waals surface area contributed by atoms with Gasteiger partial charge in [0.15, 0.2) is 0 Å². The lowest BCUT2D eigenvalue weighted by Gasteiger charge is -2.06. The molecule has 0 aliphatic carbocycles. The van der Waals surface area contributed by atoms with Gasteiger partial charge in [0.1, 0.15) is 11.6 Å². The van der Waals surface area contributed by atoms with E-state index in [0.717, 1.165) is 0 Å². The summed E-state index contributed by atoms with van der Waals surface area (Å²) < 4.78 is 48.6. The topological polar surface area (TPSA) is 109 Å². The first-order valence-electron chi connectivity index (χ1n) is 3.73. The van der Waals surface area contributed by atoms with Crippen LogP contribution in [0.1, 0.15) is 10.4 Å². The van der Waals surface area contributed by atoms with Crippen molar-refractivity contribution >= 4 is 21.9 Å². The lowest BCUT2D eigenvalue weighted by molar-refractivity contribution is 0.0692. The van der Waals surface area contributed by atoms with Crippen molar-refractivity contribution in [1.29, 1.82) is 0 Å². The third-order valence-electron chi connectivity index (χ3n) is 1.54. The fraction of sp³-hybridized carbons (Fsp3) is 0. The van der Waals surface area contributed by atoms with E-state index in [0.29, 0.717) is 6.07 Å². The van der Waals surface area contributed by atoms with Crippen molar-refractivity contribution in [2.24, 2.45) is 5.14 Å². The van der Waals surface area contributed by atoms with Crippen LogP contribution in [0.2, 0.25) is 0 Å². The summed E-state index contributed by atoms with van der Waals surface area (Å²) in [4.78, 5) is 10.5. The van der Waals surface area contributed by atoms with Crippen molar-refractivity contribution in [2.75, 3.05) is 4.72 Å². The SMILES string of the molecule is NS(=O)(=O)Nc1cc(C(=O)O)c(F)cc1F. The molecule has 1 aromatic carbocycles. The van der Waals surface area contributed by atoms with Gasteiger partial charge in [-0.2, -0.15) is 8.42 Å². The highest BCUT2D eigenvalue weighted by atomic mass is 32.2. The molecule has 6 nitrogen and oxygen atoms in total. The summed E-state index contributed by atoms with van der Waals surface area (Å²) in [5, 5.41) is 13.1. The van der Waals surface area contributed by atoms with Crippen LogP contribution in [0.15, 0.2) is 12.1 Å². The maximum atomic E-state index is 13.0. The minimum atomic E-state index is -4.26. The van der Waals surface area contributed by atoms with Gasteiger partial charge in [-0.05, 0) is 6.07 Å². The number of carbonyl (C=O) groups is 1. The van der Waals surface area contributed by atoms with E-state index in [1.165, 1.54) is 4.72 Å². The molecule has 1 rings (SSSR count). The third kappa shape index (κ3) is 2.87. The first kappa shape index (κ1) is 12.3. The summed E-state index contributed by atoms with van der Waals surface area (Å²) in [7, 11) is -4.26. The van der Waals surface area contributed by atoms with E-state index in [1.807, 2.05) is 0 Å². The van der Waals surface area contributed by atoms with Crippen LogP contribution in [0, 0.1) is 11.6 Å². The molecule has 88 valence electrons. The average Bonchev–Trinajstić information content (AvgIpc) is 2.07. The van der Waals surface area contributed by atoms with Crippen molar-refractivity contribution < 1.29 is 27.1 Å². The maximum absolute atomic E-state index is 13.0. The number of hydrogen-bond donors (Lipinski definition) is 3. The Bertz CT molecular complexity index is 544. The number of anilines is 1. The summed E-state index contributed by atoms with van der Waals surface area (Å²) in [6.07, 6.45) is 0. The van der Waals surface area contributed by atoms with E-state index in [2.05, 4.69) is 5.14 Å². The molecule has 0 aromatic heterocycles. The highest BCUT2D eigenvalue weighted by Crippen LogP contribution is 2.20. The van der Waals surface area contributed by atoms with Crippen LogP contribution >= 0.6 is 0 Å². The normalized spacial score (nSPS) is 11.2. The van der Waals surface area contributed by atoms with Gasteiger partial charge in [0.2, 0.25) is 0 Å². The number of carboxylic acids is 1. The quantitative estimate of drug-likeness (QED) is 0.717. The Kier molecular flexibility index (Phi) is 3.10. The number of halogens is 2. The highest BCUT2D eigenvalue weighted by molar-refractivity contribution is 7.90. The molecule has 0 saturated carbocycles. The molecule has 0 heterocycles. The number of nitrogens with two attached hydrogens (primary N) is 1. The molecular weight excluding hydrogens is 246 g/mol. The summed E-state index contributed by atoms with van der Waals surface area (Å²) in [6, 6.07) is 0.744. The Labute approximate surface area is 88.9 Å². The van der Waals surface area contributed by atoms with Crippen molar-refractivity contribution in [1.82, 2.24) is 0 Å². The minimum absolute atomic E-state index is 0.247. The van der Waals surface area contributed by atoms with Crippen LogP contribution in [0.25, 0.3) is 0 Å². The summed E-state index contributed by atoms with van der Waals surface area (Å²) in [5.41, 5.74) is -1.60.